The van der Waals surface area contributed by atoms with E-state index in [1.807, 2.05) is 31.2 Å². The van der Waals surface area contributed by atoms with Gasteiger partial charge in [-0.1, -0.05) is 25.1 Å². The third kappa shape index (κ3) is 3.52. The Bertz CT molecular complexity index is 743. The standard InChI is InChI=1S/C16H19NO4S2/c1-2-9-17(23(18,19)16-8-5-10-22-16)11-13-12-20-14-6-3-4-7-15(14)21-13/h3-8,10,13H,2,9,11-12H2,1H3. The van der Waals surface area contributed by atoms with Crippen molar-refractivity contribution in [1.82, 2.24) is 4.31 Å². The first kappa shape index (κ1) is 16.3. The Kier molecular flexibility index (Phi) is 4.89. The second kappa shape index (κ2) is 6.90. The molecule has 1 aliphatic rings. The van der Waals surface area contributed by atoms with Crippen LogP contribution in [0.1, 0.15) is 13.3 Å². The van der Waals surface area contributed by atoms with Crippen molar-refractivity contribution in [1.29, 1.82) is 0 Å². The summed E-state index contributed by atoms with van der Waals surface area (Å²) in [5, 5.41) is 1.77. The van der Waals surface area contributed by atoms with Crippen LogP contribution < -0.4 is 9.47 Å². The molecule has 0 N–H and O–H groups in total. The maximum absolute atomic E-state index is 12.7. The minimum absolute atomic E-state index is 0.280. The van der Waals surface area contributed by atoms with E-state index in [2.05, 4.69) is 0 Å². The fraction of sp³-hybridized carbons (Fsp3) is 0.375. The number of rotatable bonds is 6. The van der Waals surface area contributed by atoms with Gasteiger partial charge in [0.05, 0.1) is 6.54 Å². The van der Waals surface area contributed by atoms with E-state index in [4.69, 9.17) is 9.47 Å². The molecule has 3 rings (SSSR count). The SMILES string of the molecule is CCCN(CC1COc2ccccc2O1)S(=O)(=O)c1cccs1. The number of para-hydroxylation sites is 2. The van der Waals surface area contributed by atoms with E-state index in [9.17, 15) is 8.42 Å². The molecule has 5 nitrogen and oxygen atoms in total. The molecular weight excluding hydrogens is 334 g/mol. The van der Waals surface area contributed by atoms with Crippen LogP contribution in [0.15, 0.2) is 46.0 Å². The number of fused-ring (bicyclic) bond motifs is 1. The van der Waals surface area contributed by atoms with E-state index in [1.165, 1.54) is 15.6 Å². The monoisotopic (exact) mass is 353 g/mol. The highest BCUT2D eigenvalue weighted by Gasteiger charge is 2.30. The Hall–Kier alpha value is -1.57. The fourth-order valence-electron chi connectivity index (χ4n) is 2.48. The van der Waals surface area contributed by atoms with Gasteiger partial charge in [-0.25, -0.2) is 8.42 Å². The molecule has 7 heteroatoms. The predicted molar refractivity (Wildman–Crippen MR) is 89.7 cm³/mol. The molecule has 0 fully saturated rings. The lowest BCUT2D eigenvalue weighted by Gasteiger charge is -2.30. The van der Waals surface area contributed by atoms with E-state index >= 15 is 0 Å². The van der Waals surface area contributed by atoms with Gasteiger partial charge in [0.1, 0.15) is 16.9 Å². The molecule has 23 heavy (non-hydrogen) atoms. The van der Waals surface area contributed by atoms with Gasteiger partial charge in [0, 0.05) is 6.54 Å². The Balaban J connectivity index is 1.76. The van der Waals surface area contributed by atoms with Crippen LogP contribution in [-0.2, 0) is 10.0 Å². The van der Waals surface area contributed by atoms with Crippen molar-refractivity contribution in [3.63, 3.8) is 0 Å². The summed E-state index contributed by atoms with van der Waals surface area (Å²) in [7, 11) is -3.48. The number of nitrogens with zero attached hydrogens (tertiary/aromatic N) is 1. The van der Waals surface area contributed by atoms with Crippen molar-refractivity contribution in [2.24, 2.45) is 0 Å². The summed E-state index contributed by atoms with van der Waals surface area (Å²) in [6, 6.07) is 10.8. The molecule has 0 saturated carbocycles. The zero-order valence-electron chi connectivity index (χ0n) is 12.8. The Labute approximate surface area is 140 Å². The molecule has 0 spiro atoms. The molecule has 1 unspecified atom stereocenters. The molecule has 0 bridgehead atoms. The van der Waals surface area contributed by atoms with Gasteiger partial charge in [0.15, 0.2) is 11.5 Å². The number of hydrogen-bond acceptors (Lipinski definition) is 5. The third-order valence-corrected chi connectivity index (χ3v) is 6.78. The van der Waals surface area contributed by atoms with Crippen LogP contribution in [0.2, 0.25) is 0 Å². The lowest BCUT2D eigenvalue weighted by atomic mass is 10.2. The summed E-state index contributed by atoms with van der Waals surface area (Å²) < 4.78 is 38.9. The zero-order valence-corrected chi connectivity index (χ0v) is 14.5. The summed E-state index contributed by atoms with van der Waals surface area (Å²) >= 11 is 1.23. The van der Waals surface area contributed by atoms with Gasteiger partial charge < -0.3 is 9.47 Å². The van der Waals surface area contributed by atoms with Crippen LogP contribution in [0.5, 0.6) is 11.5 Å². The number of benzene rings is 1. The van der Waals surface area contributed by atoms with Crippen LogP contribution >= 0.6 is 11.3 Å². The van der Waals surface area contributed by atoms with Crippen molar-refractivity contribution in [2.75, 3.05) is 19.7 Å². The minimum Gasteiger partial charge on any atom is -0.486 e. The molecule has 0 saturated heterocycles. The average Bonchev–Trinajstić information content (AvgIpc) is 3.09. The first-order valence-corrected chi connectivity index (χ1v) is 9.85. The van der Waals surface area contributed by atoms with Crippen molar-refractivity contribution < 1.29 is 17.9 Å². The largest absolute Gasteiger partial charge is 0.486 e. The molecule has 2 heterocycles. The number of hydrogen-bond donors (Lipinski definition) is 0. The third-order valence-electron chi connectivity index (χ3n) is 3.54. The Morgan fingerprint density at radius 3 is 2.70 bits per heavy atom. The first-order chi connectivity index (χ1) is 11.1. The summed E-state index contributed by atoms with van der Waals surface area (Å²) in [4.78, 5) is 0. The number of thiophene rings is 1. The topological polar surface area (TPSA) is 55.8 Å². The van der Waals surface area contributed by atoms with Crippen molar-refractivity contribution in [3.8, 4) is 11.5 Å². The van der Waals surface area contributed by atoms with Gasteiger partial charge >= 0.3 is 0 Å². The predicted octanol–water partition coefficient (Wildman–Crippen LogP) is 2.99. The van der Waals surface area contributed by atoms with Crippen LogP contribution in [0, 0.1) is 0 Å². The lowest BCUT2D eigenvalue weighted by Crippen LogP contribution is -2.43. The van der Waals surface area contributed by atoms with E-state index in [0.29, 0.717) is 28.9 Å². The van der Waals surface area contributed by atoms with Crippen LogP contribution in [0.25, 0.3) is 0 Å². The van der Waals surface area contributed by atoms with Crippen molar-refractivity contribution in [3.05, 3.63) is 41.8 Å². The van der Waals surface area contributed by atoms with Gasteiger partial charge in [-0.05, 0) is 30.0 Å². The van der Waals surface area contributed by atoms with Gasteiger partial charge in [-0.15, -0.1) is 11.3 Å². The molecule has 1 aliphatic heterocycles. The maximum atomic E-state index is 12.7. The van der Waals surface area contributed by atoms with Gasteiger partial charge in [-0.2, -0.15) is 4.31 Å². The highest BCUT2D eigenvalue weighted by Crippen LogP contribution is 2.31. The Morgan fingerprint density at radius 1 is 1.22 bits per heavy atom. The molecule has 2 aromatic rings. The highest BCUT2D eigenvalue weighted by atomic mass is 32.2. The summed E-state index contributed by atoms with van der Waals surface area (Å²) in [6.45, 7) is 3.05. The number of ether oxygens (including phenoxy) is 2. The molecular formula is C16H19NO4S2. The molecule has 1 atom stereocenters. The molecule has 1 aromatic heterocycles. The van der Waals surface area contributed by atoms with E-state index < -0.39 is 10.0 Å². The normalized spacial score (nSPS) is 17.4. The van der Waals surface area contributed by atoms with Gasteiger partial charge in [0.25, 0.3) is 10.0 Å². The van der Waals surface area contributed by atoms with E-state index in [1.54, 1.807) is 17.5 Å². The highest BCUT2D eigenvalue weighted by molar-refractivity contribution is 7.91. The molecule has 0 aliphatic carbocycles. The van der Waals surface area contributed by atoms with E-state index in [0.717, 1.165) is 6.42 Å². The van der Waals surface area contributed by atoms with Crippen molar-refractivity contribution >= 4 is 21.4 Å². The minimum atomic E-state index is -3.48. The lowest BCUT2D eigenvalue weighted by molar-refractivity contribution is 0.0764. The van der Waals surface area contributed by atoms with Crippen LogP contribution in [-0.4, -0.2) is 38.5 Å². The van der Waals surface area contributed by atoms with Crippen LogP contribution in [0.4, 0.5) is 0 Å². The van der Waals surface area contributed by atoms with Crippen LogP contribution in [0.3, 0.4) is 0 Å². The summed E-state index contributed by atoms with van der Waals surface area (Å²) in [5.74, 6) is 1.36. The van der Waals surface area contributed by atoms with Crippen molar-refractivity contribution in [2.45, 2.75) is 23.7 Å². The summed E-state index contributed by atoms with van der Waals surface area (Å²) in [6.07, 6.45) is 0.431. The molecule has 1 aromatic carbocycles. The molecule has 0 amide bonds. The van der Waals surface area contributed by atoms with Gasteiger partial charge in [0.2, 0.25) is 0 Å². The average molecular weight is 353 g/mol. The quantitative estimate of drug-likeness (QED) is 0.801. The first-order valence-electron chi connectivity index (χ1n) is 7.53. The number of sulfonamides is 1. The van der Waals surface area contributed by atoms with E-state index in [-0.39, 0.29) is 12.6 Å². The molecule has 124 valence electrons. The smallest absolute Gasteiger partial charge is 0.252 e. The second-order valence-corrected chi connectivity index (χ2v) is 8.41. The maximum Gasteiger partial charge on any atom is 0.252 e. The summed E-state index contributed by atoms with van der Waals surface area (Å²) in [5.41, 5.74) is 0. The zero-order chi connectivity index (χ0) is 16.3. The fourth-order valence-corrected chi connectivity index (χ4v) is 5.18. The molecule has 0 radical (unpaired) electrons. The Morgan fingerprint density at radius 2 is 2.00 bits per heavy atom. The second-order valence-electron chi connectivity index (χ2n) is 5.29. The van der Waals surface area contributed by atoms with Gasteiger partial charge in [-0.3, -0.25) is 0 Å².